The smallest absolute Gasteiger partial charge is 0.416 e. The average Bonchev–Trinajstić information content (AvgIpc) is 3.09. The topological polar surface area (TPSA) is 115 Å². The Balaban J connectivity index is 2.04. The molecule has 1 aliphatic rings. The number of carbonyl (C=O) groups is 3. The molecule has 4 rings (SSSR count). The average molecular weight is 511 g/mol. The molecule has 7 nitrogen and oxygen atoms in total. The van der Waals surface area contributed by atoms with Crippen LogP contribution >= 0.6 is 0 Å². The monoisotopic (exact) mass is 511 g/mol. The molecule has 188 valence electrons. The summed E-state index contributed by atoms with van der Waals surface area (Å²) < 4.78 is 81.5. The van der Waals surface area contributed by atoms with E-state index in [0.29, 0.717) is 12.1 Å². The zero-order valence-electron chi connectivity index (χ0n) is 18.0. The number of carbonyl (C=O) groups excluding carboxylic acids is 2. The molecule has 0 unspecified atom stereocenters. The van der Waals surface area contributed by atoms with E-state index >= 15 is 0 Å². The van der Waals surface area contributed by atoms with E-state index in [9.17, 15) is 45.8 Å². The molecule has 13 heteroatoms. The van der Waals surface area contributed by atoms with Crippen LogP contribution in [0.25, 0.3) is 10.9 Å². The zero-order valence-corrected chi connectivity index (χ0v) is 18.0. The Bertz CT molecular complexity index is 1430. The molecule has 0 spiro atoms. The van der Waals surface area contributed by atoms with E-state index in [0.717, 1.165) is 0 Å². The van der Waals surface area contributed by atoms with Crippen molar-refractivity contribution < 1.29 is 45.8 Å². The Morgan fingerprint density at radius 3 is 2.17 bits per heavy atom. The van der Waals surface area contributed by atoms with E-state index in [1.165, 1.54) is 22.8 Å². The molecule has 2 heterocycles. The van der Waals surface area contributed by atoms with Gasteiger partial charge in [0, 0.05) is 17.5 Å². The third-order valence-corrected chi connectivity index (χ3v) is 5.63. The van der Waals surface area contributed by atoms with Crippen molar-refractivity contribution in [1.82, 2.24) is 4.57 Å². The number of nitrogens with zero attached hydrogens (tertiary/aromatic N) is 2. The van der Waals surface area contributed by atoms with E-state index < -0.39 is 66.2 Å². The summed E-state index contributed by atoms with van der Waals surface area (Å²) in [6.07, 6.45) is -10.8. The van der Waals surface area contributed by atoms with Gasteiger partial charge in [-0.15, -0.1) is 0 Å². The Hall–Kier alpha value is -4.16. The number of rotatable bonds is 5. The van der Waals surface area contributed by atoms with Crippen LogP contribution in [0, 0.1) is 0 Å². The summed E-state index contributed by atoms with van der Waals surface area (Å²) in [6.45, 7) is -1.07. The highest BCUT2D eigenvalue weighted by atomic mass is 19.4. The van der Waals surface area contributed by atoms with Crippen molar-refractivity contribution in [2.75, 3.05) is 6.54 Å². The summed E-state index contributed by atoms with van der Waals surface area (Å²) in [5.74, 6) is -2.88. The highest BCUT2D eigenvalue weighted by Crippen LogP contribution is 2.38. The van der Waals surface area contributed by atoms with Gasteiger partial charge >= 0.3 is 18.3 Å². The van der Waals surface area contributed by atoms with Crippen molar-refractivity contribution in [1.29, 1.82) is 0 Å². The van der Waals surface area contributed by atoms with Crippen molar-refractivity contribution in [3.63, 3.8) is 0 Å². The lowest BCUT2D eigenvalue weighted by atomic mass is 9.96. The minimum Gasteiger partial charge on any atom is -0.481 e. The fourth-order valence-corrected chi connectivity index (χ4v) is 4.24. The maximum Gasteiger partial charge on any atom is 0.416 e. The molecule has 1 aromatic heterocycles. The number of benzene rings is 2. The fraction of sp³-hybridized carbons (Fsp3) is 0.217. The molecule has 3 N–H and O–H groups in total. The Morgan fingerprint density at radius 1 is 1.03 bits per heavy atom. The Kier molecular flexibility index (Phi) is 5.89. The molecule has 36 heavy (non-hydrogen) atoms. The van der Waals surface area contributed by atoms with Crippen molar-refractivity contribution >= 4 is 34.3 Å². The molecule has 0 atom stereocenters. The van der Waals surface area contributed by atoms with Gasteiger partial charge < -0.3 is 15.4 Å². The second-order valence-electron chi connectivity index (χ2n) is 8.04. The number of ketones is 1. The third kappa shape index (κ3) is 4.43. The number of aliphatic imine (C=N–C) groups is 1. The molecule has 0 bridgehead atoms. The first-order valence-electron chi connectivity index (χ1n) is 10.2. The normalized spacial score (nSPS) is 14.1. The molecule has 1 amide bonds. The molecule has 3 aromatic rings. The first-order valence-corrected chi connectivity index (χ1v) is 10.2. The number of hydrogen-bond acceptors (Lipinski definition) is 4. The first kappa shape index (κ1) is 24.9. The van der Waals surface area contributed by atoms with Crippen molar-refractivity contribution in [3.05, 3.63) is 69.9 Å². The summed E-state index contributed by atoms with van der Waals surface area (Å²) in [6, 6.07) is 5.12. The molecular weight excluding hydrogens is 496 g/mol. The summed E-state index contributed by atoms with van der Waals surface area (Å²) in [4.78, 5) is 40.3. The van der Waals surface area contributed by atoms with Crippen molar-refractivity contribution in [2.45, 2.75) is 25.3 Å². The number of alkyl halides is 6. The standard InChI is InChI=1S/C23H15F6N3O4/c24-22(25,26)11-4-10(5-12(6-11)23(27,28)29)9-32-15-3-1-2-13(21(30)36)18(15)19-16(33)8-31-14(20(19)32)7-17(34)35/h1-6H,7-9H2,(H2,30,36)(H,34,35). The molecule has 2 aromatic carbocycles. The SMILES string of the molecule is NC(=O)c1cccc2c1c1c(n2Cc2cc(C(F)(F)F)cc(C(F)(F)F)c2)C(CC(=O)O)=NCC1=O. The van der Waals surface area contributed by atoms with Gasteiger partial charge in [0.1, 0.15) is 6.54 Å². The molecule has 0 saturated heterocycles. The quantitative estimate of drug-likeness (QED) is 0.498. The van der Waals surface area contributed by atoms with Gasteiger partial charge in [0.2, 0.25) is 5.91 Å². The third-order valence-electron chi connectivity index (χ3n) is 5.63. The summed E-state index contributed by atoms with van der Waals surface area (Å²) >= 11 is 0. The van der Waals surface area contributed by atoms with Crippen LogP contribution in [0.2, 0.25) is 0 Å². The molecule has 1 aliphatic heterocycles. The fourth-order valence-electron chi connectivity index (χ4n) is 4.24. The molecule has 0 aliphatic carbocycles. The largest absolute Gasteiger partial charge is 0.481 e. The summed E-state index contributed by atoms with van der Waals surface area (Å²) in [7, 11) is 0. The summed E-state index contributed by atoms with van der Waals surface area (Å²) in [5.41, 5.74) is 1.57. The van der Waals surface area contributed by atoms with E-state index in [-0.39, 0.29) is 39.5 Å². The molecular formula is C23H15F6N3O4. The zero-order chi connectivity index (χ0) is 26.6. The number of Topliss-reactive ketones (excluding diaryl/α,β-unsaturated/α-hetero) is 1. The number of carboxylic acid groups (broad SMARTS) is 1. The van der Waals surface area contributed by atoms with Gasteiger partial charge in [-0.2, -0.15) is 26.3 Å². The lowest BCUT2D eigenvalue weighted by molar-refractivity contribution is -0.143. The van der Waals surface area contributed by atoms with Crippen LogP contribution < -0.4 is 5.73 Å². The number of carboxylic acids is 1. The minimum atomic E-state index is -5.08. The number of nitrogens with two attached hydrogens (primary N) is 1. The number of aliphatic carboxylic acids is 1. The highest BCUT2D eigenvalue weighted by molar-refractivity contribution is 6.26. The van der Waals surface area contributed by atoms with Crippen molar-refractivity contribution in [3.8, 4) is 0 Å². The highest BCUT2D eigenvalue weighted by Gasteiger charge is 2.37. The number of fused-ring (bicyclic) bond motifs is 3. The lowest BCUT2D eigenvalue weighted by Gasteiger charge is -2.18. The van der Waals surface area contributed by atoms with Crippen LogP contribution in [0.4, 0.5) is 26.3 Å². The second kappa shape index (κ2) is 8.50. The number of aromatic nitrogens is 1. The Morgan fingerprint density at radius 2 is 1.64 bits per heavy atom. The summed E-state index contributed by atoms with van der Waals surface area (Å²) in [5, 5.41) is 9.33. The van der Waals surface area contributed by atoms with Gasteiger partial charge in [0.05, 0.1) is 40.0 Å². The van der Waals surface area contributed by atoms with Crippen LogP contribution in [-0.2, 0) is 23.7 Å². The predicted molar refractivity (Wildman–Crippen MR) is 114 cm³/mol. The van der Waals surface area contributed by atoms with Gasteiger partial charge in [-0.1, -0.05) is 6.07 Å². The van der Waals surface area contributed by atoms with E-state index in [2.05, 4.69) is 4.99 Å². The van der Waals surface area contributed by atoms with Gasteiger partial charge in [-0.25, -0.2) is 0 Å². The number of hydrogen-bond donors (Lipinski definition) is 2. The van der Waals surface area contributed by atoms with Crippen LogP contribution in [-0.4, -0.2) is 39.6 Å². The van der Waals surface area contributed by atoms with Gasteiger partial charge in [-0.05, 0) is 35.9 Å². The van der Waals surface area contributed by atoms with E-state index in [1.54, 1.807) is 0 Å². The second-order valence-corrected chi connectivity index (χ2v) is 8.04. The molecule has 0 saturated carbocycles. The molecule has 0 fully saturated rings. The minimum absolute atomic E-state index is 0.0151. The molecule has 0 radical (unpaired) electrons. The van der Waals surface area contributed by atoms with Gasteiger partial charge in [-0.3, -0.25) is 19.4 Å². The number of halogens is 6. The Labute approximate surface area is 197 Å². The number of primary amides is 1. The van der Waals surface area contributed by atoms with Crippen LogP contribution in [0.5, 0.6) is 0 Å². The predicted octanol–water partition coefficient (Wildman–Crippen LogP) is 4.29. The van der Waals surface area contributed by atoms with Crippen LogP contribution in [0.1, 0.15) is 49.5 Å². The van der Waals surface area contributed by atoms with E-state index in [4.69, 9.17) is 5.73 Å². The first-order chi connectivity index (χ1) is 16.7. The lowest BCUT2D eigenvalue weighted by Crippen LogP contribution is -2.24. The van der Waals surface area contributed by atoms with Gasteiger partial charge in [0.25, 0.3) is 0 Å². The number of amides is 1. The van der Waals surface area contributed by atoms with Crippen molar-refractivity contribution in [2.24, 2.45) is 10.7 Å². The maximum atomic E-state index is 13.4. The van der Waals surface area contributed by atoms with E-state index in [1.807, 2.05) is 0 Å². The van der Waals surface area contributed by atoms with Crippen LogP contribution in [0.3, 0.4) is 0 Å². The maximum absolute atomic E-state index is 13.4. The van der Waals surface area contributed by atoms with Crippen LogP contribution in [0.15, 0.2) is 41.4 Å². The van der Waals surface area contributed by atoms with Gasteiger partial charge in [0.15, 0.2) is 5.78 Å².